The van der Waals surface area contributed by atoms with Crippen LogP contribution in [0.15, 0.2) is 16.7 Å². The zero-order valence-corrected chi connectivity index (χ0v) is 9.71. The third-order valence-corrected chi connectivity index (χ3v) is 1.92. The van der Waals surface area contributed by atoms with E-state index in [-0.39, 0.29) is 23.7 Å². The maximum atomic E-state index is 10.7. The number of hydrogen-bond acceptors (Lipinski definition) is 3. The molecule has 7 heteroatoms. The van der Waals surface area contributed by atoms with E-state index in [1.165, 1.54) is 12.3 Å². The van der Waals surface area contributed by atoms with Gasteiger partial charge in [0.15, 0.2) is 0 Å². The van der Waals surface area contributed by atoms with Crippen molar-refractivity contribution in [2.45, 2.75) is 6.42 Å². The van der Waals surface area contributed by atoms with Crippen LogP contribution >= 0.6 is 28.3 Å². The third-order valence-electron chi connectivity index (χ3n) is 1.49. The topological polar surface area (TPSA) is 87.5 Å². The second kappa shape index (κ2) is 5.67. The van der Waals surface area contributed by atoms with E-state index in [4.69, 9.17) is 10.2 Å². The van der Waals surface area contributed by atoms with Crippen molar-refractivity contribution in [1.29, 1.82) is 0 Å². The Morgan fingerprint density at radius 2 is 2.00 bits per heavy atom. The fourth-order valence-electron chi connectivity index (χ4n) is 0.937. The number of hydrogen-bond donors (Lipinski definition) is 2. The van der Waals surface area contributed by atoms with Crippen LogP contribution in [0, 0.1) is 0 Å². The zero-order chi connectivity index (χ0) is 10.7. The molecule has 0 aliphatic heterocycles. The highest BCUT2D eigenvalue weighted by Crippen LogP contribution is 2.14. The lowest BCUT2D eigenvalue weighted by atomic mass is 10.1. The number of aliphatic carboxylic acids is 1. The zero-order valence-electron chi connectivity index (χ0n) is 7.31. The summed E-state index contributed by atoms with van der Waals surface area (Å²) in [5, 5.41) is 17.2. The van der Waals surface area contributed by atoms with Gasteiger partial charge in [-0.2, -0.15) is 0 Å². The van der Waals surface area contributed by atoms with Crippen molar-refractivity contribution in [2.24, 2.45) is 0 Å². The van der Waals surface area contributed by atoms with E-state index >= 15 is 0 Å². The van der Waals surface area contributed by atoms with E-state index < -0.39 is 18.4 Å². The van der Waals surface area contributed by atoms with Crippen LogP contribution in [0.1, 0.15) is 16.1 Å². The highest BCUT2D eigenvalue weighted by atomic mass is 79.9. The maximum Gasteiger partial charge on any atom is 0.337 e. The molecule has 0 unspecified atom stereocenters. The van der Waals surface area contributed by atoms with Gasteiger partial charge in [-0.1, -0.05) is 0 Å². The lowest BCUT2D eigenvalue weighted by molar-refractivity contribution is -0.136. The molecular weight excluding hydrogens is 289 g/mol. The highest BCUT2D eigenvalue weighted by Gasteiger charge is 2.14. The minimum atomic E-state index is -1.19. The molecule has 1 aromatic rings. The molecule has 0 radical (unpaired) electrons. The van der Waals surface area contributed by atoms with E-state index in [9.17, 15) is 9.59 Å². The van der Waals surface area contributed by atoms with Crippen LogP contribution in [0.5, 0.6) is 0 Å². The van der Waals surface area contributed by atoms with Gasteiger partial charge < -0.3 is 10.2 Å². The summed E-state index contributed by atoms with van der Waals surface area (Å²) < 4.78 is 0.504. The van der Waals surface area contributed by atoms with Gasteiger partial charge in [-0.25, -0.2) is 4.79 Å². The Balaban J connectivity index is 0.00000196. The van der Waals surface area contributed by atoms with Crippen molar-refractivity contribution in [3.05, 3.63) is 28.0 Å². The third kappa shape index (κ3) is 3.85. The summed E-state index contributed by atoms with van der Waals surface area (Å²) in [6.45, 7) is 0. The molecule has 0 atom stereocenters. The number of rotatable bonds is 3. The van der Waals surface area contributed by atoms with Crippen LogP contribution in [0.25, 0.3) is 0 Å². The smallest absolute Gasteiger partial charge is 0.337 e. The minimum Gasteiger partial charge on any atom is -0.481 e. The summed E-state index contributed by atoms with van der Waals surface area (Å²) >= 11 is 3.06. The summed E-state index contributed by atoms with van der Waals surface area (Å²) in [5.41, 5.74) is -0.0463. The van der Waals surface area contributed by atoms with E-state index in [2.05, 4.69) is 20.9 Å². The normalized spacial score (nSPS) is 9.13. The van der Waals surface area contributed by atoms with Crippen LogP contribution in [0.4, 0.5) is 0 Å². The molecule has 1 aromatic heterocycles. The molecule has 82 valence electrons. The number of carboxylic acid groups (broad SMARTS) is 2. The Bertz CT molecular complexity index is 396. The van der Waals surface area contributed by atoms with Crippen molar-refractivity contribution in [3.8, 4) is 0 Å². The van der Waals surface area contributed by atoms with Gasteiger partial charge in [-0.05, 0) is 22.0 Å². The molecule has 2 N–H and O–H groups in total. The second-order valence-electron chi connectivity index (χ2n) is 2.52. The lowest BCUT2D eigenvalue weighted by Gasteiger charge is -2.02. The van der Waals surface area contributed by atoms with E-state index in [1.807, 2.05) is 0 Å². The molecule has 0 fully saturated rings. The Labute approximate surface area is 99.7 Å². The summed E-state index contributed by atoms with van der Waals surface area (Å²) in [6, 6.07) is 1.33. The Morgan fingerprint density at radius 1 is 1.40 bits per heavy atom. The number of halogens is 2. The summed E-state index contributed by atoms with van der Waals surface area (Å²) in [4.78, 5) is 24.8. The maximum absolute atomic E-state index is 10.7. The van der Waals surface area contributed by atoms with Gasteiger partial charge in [-0.3, -0.25) is 9.78 Å². The lowest BCUT2D eigenvalue weighted by Crippen LogP contribution is -2.09. The fraction of sp³-hybridized carbons (Fsp3) is 0.125. The monoisotopic (exact) mass is 295 g/mol. The predicted molar refractivity (Wildman–Crippen MR) is 57.5 cm³/mol. The molecule has 15 heavy (non-hydrogen) atoms. The van der Waals surface area contributed by atoms with Crippen LogP contribution in [0.2, 0.25) is 0 Å². The summed E-state index contributed by atoms with van der Waals surface area (Å²) in [5.74, 6) is -2.29. The van der Waals surface area contributed by atoms with Gasteiger partial charge in [-0.15, -0.1) is 12.4 Å². The average molecular weight is 297 g/mol. The average Bonchev–Trinajstić information content (AvgIpc) is 2.07. The minimum absolute atomic E-state index is 0. The molecule has 0 saturated heterocycles. The number of carboxylic acids is 2. The SMILES string of the molecule is Cl.O=C(O)Cc1ncc(Br)cc1C(=O)O. The first-order chi connectivity index (χ1) is 6.50. The van der Waals surface area contributed by atoms with E-state index in [1.54, 1.807) is 0 Å². The van der Waals surface area contributed by atoms with Gasteiger partial charge in [0, 0.05) is 10.7 Å². The number of nitrogens with zero attached hydrogens (tertiary/aromatic N) is 1. The van der Waals surface area contributed by atoms with Crippen molar-refractivity contribution in [3.63, 3.8) is 0 Å². The van der Waals surface area contributed by atoms with Crippen LogP contribution in [0.3, 0.4) is 0 Å². The number of aromatic nitrogens is 1. The van der Waals surface area contributed by atoms with Crippen LogP contribution in [-0.2, 0) is 11.2 Å². The van der Waals surface area contributed by atoms with E-state index in [0.29, 0.717) is 4.47 Å². The Kier molecular flexibility index (Phi) is 5.24. The molecule has 1 heterocycles. The first-order valence-corrected chi connectivity index (χ1v) is 4.39. The molecule has 0 saturated carbocycles. The first kappa shape index (κ1) is 13.9. The highest BCUT2D eigenvalue weighted by molar-refractivity contribution is 9.10. The van der Waals surface area contributed by atoms with Gasteiger partial charge in [0.05, 0.1) is 17.7 Å². The van der Waals surface area contributed by atoms with Gasteiger partial charge in [0.25, 0.3) is 0 Å². The quantitative estimate of drug-likeness (QED) is 0.884. The Hall–Kier alpha value is -1.14. The predicted octanol–water partition coefficient (Wildman–Crippen LogP) is 1.59. The standard InChI is InChI=1S/C8H6BrNO4.ClH/c9-4-1-5(8(13)14)6(10-3-4)2-7(11)12;/h1,3H,2H2,(H,11,12)(H,13,14);1H. The van der Waals surface area contributed by atoms with Crippen molar-refractivity contribution in [2.75, 3.05) is 0 Å². The van der Waals surface area contributed by atoms with Gasteiger partial charge >= 0.3 is 11.9 Å². The van der Waals surface area contributed by atoms with Crippen molar-refractivity contribution >= 4 is 40.3 Å². The van der Waals surface area contributed by atoms with Crippen LogP contribution < -0.4 is 0 Å². The first-order valence-electron chi connectivity index (χ1n) is 3.60. The molecule has 0 aliphatic carbocycles. The molecule has 0 bridgehead atoms. The van der Waals surface area contributed by atoms with Crippen molar-refractivity contribution < 1.29 is 19.8 Å². The molecule has 5 nitrogen and oxygen atoms in total. The molecule has 0 spiro atoms. The van der Waals surface area contributed by atoms with Crippen LogP contribution in [-0.4, -0.2) is 27.1 Å². The number of pyridine rings is 1. The second-order valence-corrected chi connectivity index (χ2v) is 3.44. The molecule has 0 amide bonds. The summed E-state index contributed by atoms with van der Waals surface area (Å²) in [6.07, 6.45) is 0.972. The largest absolute Gasteiger partial charge is 0.481 e. The summed E-state index contributed by atoms with van der Waals surface area (Å²) in [7, 11) is 0. The molecule has 0 aliphatic rings. The Morgan fingerprint density at radius 3 is 2.47 bits per heavy atom. The van der Waals surface area contributed by atoms with Crippen molar-refractivity contribution in [1.82, 2.24) is 4.98 Å². The fourth-order valence-corrected chi connectivity index (χ4v) is 1.27. The number of aromatic carboxylic acids is 1. The van der Waals surface area contributed by atoms with Gasteiger partial charge in [0.1, 0.15) is 0 Å². The number of carbonyl (C=O) groups is 2. The van der Waals surface area contributed by atoms with Gasteiger partial charge in [0.2, 0.25) is 0 Å². The molecular formula is C8H7BrClNO4. The molecule has 0 aromatic carbocycles. The van der Waals surface area contributed by atoms with E-state index in [0.717, 1.165) is 0 Å². The molecule has 1 rings (SSSR count).